The molecule has 5 N–H and O–H groups in total. The highest BCUT2D eigenvalue weighted by Gasteiger charge is 2.12. The highest BCUT2D eigenvalue weighted by atomic mass is 16.5. The van der Waals surface area contributed by atoms with Crippen molar-refractivity contribution in [2.75, 3.05) is 11.9 Å². The number of benzene rings is 1. The first-order valence-corrected chi connectivity index (χ1v) is 7.10. The third-order valence-electron chi connectivity index (χ3n) is 2.94. The second-order valence-electron chi connectivity index (χ2n) is 4.83. The van der Waals surface area contributed by atoms with Crippen molar-refractivity contribution in [3.05, 3.63) is 24.3 Å². The minimum absolute atomic E-state index is 0.171. The highest BCUT2D eigenvalue weighted by Crippen LogP contribution is 2.16. The Morgan fingerprint density at radius 1 is 1.29 bits per heavy atom. The van der Waals surface area contributed by atoms with Crippen molar-refractivity contribution >= 4 is 17.5 Å². The molecule has 0 aliphatic rings. The predicted molar refractivity (Wildman–Crippen MR) is 81.9 cm³/mol. The highest BCUT2D eigenvalue weighted by molar-refractivity contribution is 5.94. The Bertz CT molecular complexity index is 460. The summed E-state index contributed by atoms with van der Waals surface area (Å²) in [4.78, 5) is 22.4. The number of amides is 2. The van der Waals surface area contributed by atoms with Gasteiger partial charge in [-0.25, -0.2) is 0 Å². The van der Waals surface area contributed by atoms with Gasteiger partial charge in [-0.3, -0.25) is 9.59 Å². The molecule has 1 aromatic carbocycles. The van der Waals surface area contributed by atoms with Crippen LogP contribution in [0.3, 0.4) is 0 Å². The Morgan fingerprint density at radius 2 is 1.95 bits per heavy atom. The summed E-state index contributed by atoms with van der Waals surface area (Å²) in [5.41, 5.74) is 11.5. The van der Waals surface area contributed by atoms with Crippen molar-refractivity contribution in [1.29, 1.82) is 0 Å². The Labute approximate surface area is 124 Å². The van der Waals surface area contributed by atoms with Crippen LogP contribution < -0.4 is 21.5 Å². The van der Waals surface area contributed by atoms with Gasteiger partial charge in [0.15, 0.2) is 0 Å². The van der Waals surface area contributed by atoms with Gasteiger partial charge in [-0.1, -0.05) is 19.8 Å². The number of anilines is 1. The third-order valence-corrected chi connectivity index (χ3v) is 2.94. The second-order valence-corrected chi connectivity index (χ2v) is 4.83. The van der Waals surface area contributed by atoms with Gasteiger partial charge in [0.1, 0.15) is 5.75 Å². The molecule has 0 unspecified atom stereocenters. The van der Waals surface area contributed by atoms with Gasteiger partial charge >= 0.3 is 0 Å². The average Bonchev–Trinajstić information content (AvgIpc) is 2.46. The van der Waals surface area contributed by atoms with Crippen molar-refractivity contribution in [3.63, 3.8) is 0 Å². The van der Waals surface area contributed by atoms with E-state index in [1.807, 2.05) is 0 Å². The Morgan fingerprint density at radius 3 is 2.52 bits per heavy atom. The minimum Gasteiger partial charge on any atom is -0.493 e. The zero-order chi connectivity index (χ0) is 15.7. The fourth-order valence-corrected chi connectivity index (χ4v) is 1.69. The molecular weight excluding hydrogens is 270 g/mol. The van der Waals surface area contributed by atoms with E-state index in [1.165, 1.54) is 0 Å². The number of hydrogen-bond donors (Lipinski definition) is 3. The van der Waals surface area contributed by atoms with E-state index >= 15 is 0 Å². The SMILES string of the molecule is CCCC[C@H](N)C(=O)Nc1ccc(OCCC(N)=O)cc1. The molecule has 0 spiro atoms. The van der Waals surface area contributed by atoms with Crippen LogP contribution in [0.1, 0.15) is 32.6 Å². The number of carbonyl (C=O) groups is 2. The lowest BCUT2D eigenvalue weighted by molar-refractivity contribution is -0.119. The van der Waals surface area contributed by atoms with Crippen molar-refractivity contribution < 1.29 is 14.3 Å². The molecule has 2 amide bonds. The number of nitrogens with two attached hydrogens (primary N) is 2. The van der Waals surface area contributed by atoms with Gasteiger partial charge in [-0.15, -0.1) is 0 Å². The quantitative estimate of drug-likeness (QED) is 0.639. The smallest absolute Gasteiger partial charge is 0.241 e. The zero-order valence-corrected chi connectivity index (χ0v) is 12.3. The summed E-state index contributed by atoms with van der Waals surface area (Å²) in [7, 11) is 0. The summed E-state index contributed by atoms with van der Waals surface area (Å²) in [5.74, 6) is 0.0235. The van der Waals surface area contributed by atoms with E-state index in [9.17, 15) is 9.59 Å². The summed E-state index contributed by atoms with van der Waals surface area (Å²) in [6, 6.07) is 6.40. The molecule has 1 rings (SSSR count). The van der Waals surface area contributed by atoms with Gasteiger partial charge in [-0.05, 0) is 30.7 Å². The maximum atomic E-state index is 11.8. The van der Waals surface area contributed by atoms with Crippen LogP contribution in [0.15, 0.2) is 24.3 Å². The van der Waals surface area contributed by atoms with Crippen molar-refractivity contribution in [1.82, 2.24) is 0 Å². The molecule has 0 saturated carbocycles. The molecule has 6 nitrogen and oxygen atoms in total. The Hall–Kier alpha value is -2.08. The van der Waals surface area contributed by atoms with Crippen LogP contribution in [0.5, 0.6) is 5.75 Å². The van der Waals surface area contributed by atoms with Crippen LogP contribution in [-0.2, 0) is 9.59 Å². The zero-order valence-electron chi connectivity index (χ0n) is 12.3. The fourth-order valence-electron chi connectivity index (χ4n) is 1.69. The largest absolute Gasteiger partial charge is 0.493 e. The number of hydrogen-bond acceptors (Lipinski definition) is 4. The number of unbranched alkanes of at least 4 members (excludes halogenated alkanes) is 1. The molecule has 0 bridgehead atoms. The molecule has 6 heteroatoms. The van der Waals surface area contributed by atoms with E-state index in [2.05, 4.69) is 12.2 Å². The van der Waals surface area contributed by atoms with Crippen LogP contribution in [0, 0.1) is 0 Å². The first-order chi connectivity index (χ1) is 10.0. The lowest BCUT2D eigenvalue weighted by Crippen LogP contribution is -2.35. The summed E-state index contributed by atoms with van der Waals surface area (Å²) < 4.78 is 5.34. The monoisotopic (exact) mass is 293 g/mol. The lowest BCUT2D eigenvalue weighted by atomic mass is 10.1. The van der Waals surface area contributed by atoms with Gasteiger partial charge in [0.25, 0.3) is 0 Å². The van der Waals surface area contributed by atoms with Crippen LogP contribution in [-0.4, -0.2) is 24.5 Å². The Balaban J connectivity index is 2.43. The van der Waals surface area contributed by atoms with Crippen LogP contribution in [0.4, 0.5) is 5.69 Å². The van der Waals surface area contributed by atoms with E-state index < -0.39 is 11.9 Å². The molecular formula is C15H23N3O3. The van der Waals surface area contributed by atoms with Crippen molar-refractivity contribution in [2.45, 2.75) is 38.6 Å². The molecule has 21 heavy (non-hydrogen) atoms. The summed E-state index contributed by atoms with van der Waals surface area (Å²) >= 11 is 0. The van der Waals surface area contributed by atoms with Gasteiger partial charge in [0.05, 0.1) is 19.1 Å². The number of ether oxygens (including phenoxy) is 1. The van der Waals surface area contributed by atoms with Gasteiger partial charge in [-0.2, -0.15) is 0 Å². The molecule has 0 aliphatic heterocycles. The van der Waals surface area contributed by atoms with Crippen molar-refractivity contribution in [2.24, 2.45) is 11.5 Å². The maximum absolute atomic E-state index is 11.8. The van der Waals surface area contributed by atoms with Gasteiger partial charge in [0, 0.05) is 5.69 Å². The summed E-state index contributed by atoms with van der Waals surface area (Å²) in [5, 5.41) is 2.76. The summed E-state index contributed by atoms with van der Waals surface area (Å²) in [6.45, 7) is 2.30. The molecule has 1 aromatic rings. The molecule has 0 heterocycles. The first-order valence-electron chi connectivity index (χ1n) is 7.10. The average molecular weight is 293 g/mol. The molecule has 0 aliphatic carbocycles. The molecule has 0 radical (unpaired) electrons. The van der Waals surface area contributed by atoms with E-state index in [4.69, 9.17) is 16.2 Å². The second kappa shape index (κ2) is 8.97. The first kappa shape index (κ1) is 17.0. The molecule has 0 fully saturated rings. The number of nitrogens with one attached hydrogen (secondary N) is 1. The lowest BCUT2D eigenvalue weighted by Gasteiger charge is -2.12. The van der Waals surface area contributed by atoms with Crippen LogP contribution in [0.2, 0.25) is 0 Å². The topological polar surface area (TPSA) is 107 Å². The van der Waals surface area contributed by atoms with E-state index in [1.54, 1.807) is 24.3 Å². The minimum atomic E-state index is -0.489. The van der Waals surface area contributed by atoms with Crippen molar-refractivity contribution in [3.8, 4) is 5.75 Å². The van der Waals surface area contributed by atoms with Crippen LogP contribution in [0.25, 0.3) is 0 Å². The standard InChI is InChI=1S/C15H23N3O3/c1-2-3-4-13(16)15(20)18-11-5-7-12(8-6-11)21-10-9-14(17)19/h5-8,13H,2-4,9-10,16H2,1H3,(H2,17,19)(H,18,20)/t13-/m0/s1. The van der Waals surface area contributed by atoms with Gasteiger partial charge in [0.2, 0.25) is 11.8 Å². The van der Waals surface area contributed by atoms with Crippen LogP contribution >= 0.6 is 0 Å². The number of carbonyl (C=O) groups excluding carboxylic acids is 2. The molecule has 0 aromatic heterocycles. The number of rotatable bonds is 9. The predicted octanol–water partition coefficient (Wildman–Crippen LogP) is 1.40. The van der Waals surface area contributed by atoms with E-state index in [0.29, 0.717) is 17.9 Å². The fraction of sp³-hybridized carbons (Fsp3) is 0.467. The maximum Gasteiger partial charge on any atom is 0.241 e. The molecule has 116 valence electrons. The number of primary amides is 1. The Kier molecular flexibility index (Phi) is 7.25. The third kappa shape index (κ3) is 6.76. The van der Waals surface area contributed by atoms with E-state index in [-0.39, 0.29) is 18.9 Å². The molecule has 1 atom stereocenters. The van der Waals surface area contributed by atoms with E-state index in [0.717, 1.165) is 12.8 Å². The van der Waals surface area contributed by atoms with Gasteiger partial charge < -0.3 is 21.5 Å². The molecule has 0 saturated heterocycles. The normalized spacial score (nSPS) is 11.7. The summed E-state index contributed by atoms with van der Waals surface area (Å²) in [6.07, 6.45) is 2.79.